The van der Waals surface area contributed by atoms with Crippen LogP contribution in [-0.2, 0) is 0 Å². The van der Waals surface area contributed by atoms with Crippen LogP contribution in [0.3, 0.4) is 0 Å². The predicted octanol–water partition coefficient (Wildman–Crippen LogP) is 3.89. The second-order valence-corrected chi connectivity index (χ2v) is 4.04. The van der Waals surface area contributed by atoms with Gasteiger partial charge in [-0.15, -0.1) is 0 Å². The Balaban J connectivity index is 2.13. The van der Waals surface area contributed by atoms with Crippen molar-refractivity contribution < 1.29 is 9.15 Å². The van der Waals surface area contributed by atoms with E-state index < -0.39 is 0 Å². The minimum Gasteiger partial charge on any atom is -0.494 e. The lowest BCUT2D eigenvalue weighted by Gasteiger charge is -2.04. The van der Waals surface area contributed by atoms with Crippen LogP contribution in [0.15, 0.2) is 39.7 Å². The molecule has 0 N–H and O–H groups in total. The molecule has 0 aliphatic rings. The van der Waals surface area contributed by atoms with Crippen molar-refractivity contribution in [3.05, 3.63) is 35.3 Å². The molecule has 84 valence electrons. The standard InChI is InChI=1S/C12H12BrNO2/c1-2-7-15-10-5-3-9(4-6-10)11-8-16-12(13)14-11/h3-6,8H,2,7H2,1H3. The van der Waals surface area contributed by atoms with Gasteiger partial charge in [0, 0.05) is 21.5 Å². The SMILES string of the molecule is CCCOc1ccc(-c2coc(Br)n2)cc1. The Morgan fingerprint density at radius 3 is 2.62 bits per heavy atom. The molecule has 0 saturated carbocycles. The van der Waals surface area contributed by atoms with Crippen molar-refractivity contribution in [3.8, 4) is 17.0 Å². The molecule has 0 aliphatic carbocycles. The summed E-state index contributed by atoms with van der Waals surface area (Å²) in [5, 5.41) is 0. The van der Waals surface area contributed by atoms with Gasteiger partial charge in [0.2, 0.25) is 0 Å². The first kappa shape index (κ1) is 11.2. The molecule has 0 saturated heterocycles. The van der Waals surface area contributed by atoms with Gasteiger partial charge in [0.1, 0.15) is 17.7 Å². The van der Waals surface area contributed by atoms with Gasteiger partial charge in [-0.2, -0.15) is 0 Å². The van der Waals surface area contributed by atoms with E-state index in [1.165, 1.54) is 0 Å². The van der Waals surface area contributed by atoms with Gasteiger partial charge in [0.15, 0.2) is 0 Å². The molecule has 2 aromatic rings. The molecule has 4 heteroatoms. The zero-order valence-corrected chi connectivity index (χ0v) is 10.5. The maximum Gasteiger partial charge on any atom is 0.264 e. The summed E-state index contributed by atoms with van der Waals surface area (Å²) in [7, 11) is 0. The minimum atomic E-state index is 0.494. The van der Waals surface area contributed by atoms with Crippen LogP contribution in [-0.4, -0.2) is 11.6 Å². The maximum atomic E-state index is 5.50. The maximum absolute atomic E-state index is 5.50. The van der Waals surface area contributed by atoms with Crippen LogP contribution in [0.25, 0.3) is 11.3 Å². The molecule has 0 unspecified atom stereocenters. The van der Waals surface area contributed by atoms with Crippen molar-refractivity contribution >= 4 is 15.9 Å². The summed E-state index contributed by atoms with van der Waals surface area (Å²) in [6.07, 6.45) is 2.63. The fraction of sp³-hybridized carbons (Fsp3) is 0.250. The van der Waals surface area contributed by atoms with Crippen LogP contribution in [0.5, 0.6) is 5.75 Å². The van der Waals surface area contributed by atoms with Crippen LogP contribution in [0.1, 0.15) is 13.3 Å². The van der Waals surface area contributed by atoms with Crippen molar-refractivity contribution in [2.75, 3.05) is 6.61 Å². The second kappa shape index (κ2) is 5.16. The summed E-state index contributed by atoms with van der Waals surface area (Å²) in [4.78, 5) is 4.68. The summed E-state index contributed by atoms with van der Waals surface area (Å²) in [6, 6.07) is 7.81. The second-order valence-electron chi connectivity index (χ2n) is 3.36. The first-order valence-electron chi connectivity index (χ1n) is 5.14. The lowest BCUT2D eigenvalue weighted by molar-refractivity contribution is 0.317. The van der Waals surface area contributed by atoms with Gasteiger partial charge in [-0.3, -0.25) is 0 Å². The molecule has 16 heavy (non-hydrogen) atoms. The molecule has 0 aliphatic heterocycles. The third kappa shape index (κ3) is 2.64. The summed E-state index contributed by atoms with van der Waals surface area (Å²) < 4.78 is 10.6. The fourth-order valence-corrected chi connectivity index (χ4v) is 1.61. The van der Waals surface area contributed by atoms with Crippen LogP contribution < -0.4 is 4.74 Å². The van der Waals surface area contributed by atoms with Gasteiger partial charge in [-0.05, 0) is 30.7 Å². The van der Waals surface area contributed by atoms with E-state index in [2.05, 4.69) is 27.8 Å². The van der Waals surface area contributed by atoms with E-state index >= 15 is 0 Å². The highest BCUT2D eigenvalue weighted by molar-refractivity contribution is 9.10. The highest BCUT2D eigenvalue weighted by atomic mass is 79.9. The molecular formula is C12H12BrNO2. The largest absolute Gasteiger partial charge is 0.494 e. The van der Waals surface area contributed by atoms with E-state index in [-0.39, 0.29) is 0 Å². The monoisotopic (exact) mass is 281 g/mol. The number of ether oxygens (including phenoxy) is 1. The molecule has 0 atom stereocenters. The number of halogens is 1. The summed E-state index contributed by atoms with van der Waals surface area (Å²) in [6.45, 7) is 2.83. The molecule has 1 heterocycles. The molecule has 2 rings (SSSR count). The lowest BCUT2D eigenvalue weighted by Crippen LogP contribution is -1.94. The quantitative estimate of drug-likeness (QED) is 0.853. The van der Waals surface area contributed by atoms with Crippen molar-refractivity contribution in [3.63, 3.8) is 0 Å². The van der Waals surface area contributed by atoms with Crippen molar-refractivity contribution in [1.82, 2.24) is 4.98 Å². The average Bonchev–Trinajstić information content (AvgIpc) is 2.74. The molecule has 0 fully saturated rings. The first-order valence-corrected chi connectivity index (χ1v) is 5.93. The molecule has 0 amide bonds. The number of hydrogen-bond acceptors (Lipinski definition) is 3. The number of nitrogens with zero attached hydrogens (tertiary/aromatic N) is 1. The Bertz CT molecular complexity index is 450. The minimum absolute atomic E-state index is 0.494. The Labute approximate surface area is 103 Å². The van der Waals surface area contributed by atoms with Gasteiger partial charge in [-0.25, -0.2) is 4.98 Å². The molecule has 0 radical (unpaired) electrons. The zero-order valence-electron chi connectivity index (χ0n) is 8.94. The highest BCUT2D eigenvalue weighted by Crippen LogP contribution is 2.23. The third-order valence-corrected chi connectivity index (χ3v) is 2.46. The first-order chi connectivity index (χ1) is 7.79. The zero-order chi connectivity index (χ0) is 11.4. The smallest absolute Gasteiger partial charge is 0.264 e. The Kier molecular flexibility index (Phi) is 3.62. The van der Waals surface area contributed by atoms with E-state index in [0.717, 1.165) is 30.0 Å². The molecule has 1 aromatic heterocycles. The Morgan fingerprint density at radius 1 is 1.31 bits per heavy atom. The Hall–Kier alpha value is -1.29. The van der Waals surface area contributed by atoms with Gasteiger partial charge in [0.05, 0.1) is 6.61 Å². The summed E-state index contributed by atoms with van der Waals surface area (Å²) in [5.41, 5.74) is 1.83. The van der Waals surface area contributed by atoms with Gasteiger partial charge >= 0.3 is 0 Å². The molecule has 1 aromatic carbocycles. The Morgan fingerprint density at radius 2 is 2.06 bits per heavy atom. The third-order valence-electron chi connectivity index (χ3n) is 2.10. The van der Waals surface area contributed by atoms with E-state index in [1.54, 1.807) is 6.26 Å². The van der Waals surface area contributed by atoms with Crippen LogP contribution in [0.2, 0.25) is 0 Å². The highest BCUT2D eigenvalue weighted by Gasteiger charge is 2.03. The number of hydrogen-bond donors (Lipinski definition) is 0. The van der Waals surface area contributed by atoms with Crippen LogP contribution in [0, 0.1) is 0 Å². The predicted molar refractivity (Wildman–Crippen MR) is 65.4 cm³/mol. The van der Waals surface area contributed by atoms with E-state index in [0.29, 0.717) is 4.80 Å². The normalized spacial score (nSPS) is 10.4. The van der Waals surface area contributed by atoms with Crippen molar-refractivity contribution in [2.45, 2.75) is 13.3 Å². The lowest BCUT2D eigenvalue weighted by atomic mass is 10.2. The van der Waals surface area contributed by atoms with Crippen molar-refractivity contribution in [2.24, 2.45) is 0 Å². The van der Waals surface area contributed by atoms with Gasteiger partial charge in [-0.1, -0.05) is 6.92 Å². The fourth-order valence-electron chi connectivity index (χ4n) is 1.33. The van der Waals surface area contributed by atoms with E-state index in [4.69, 9.17) is 9.15 Å². The van der Waals surface area contributed by atoms with Crippen molar-refractivity contribution in [1.29, 1.82) is 0 Å². The number of benzene rings is 1. The average molecular weight is 282 g/mol. The molecular weight excluding hydrogens is 270 g/mol. The molecule has 3 nitrogen and oxygen atoms in total. The van der Waals surface area contributed by atoms with Gasteiger partial charge < -0.3 is 9.15 Å². The topological polar surface area (TPSA) is 35.3 Å². The number of oxazole rings is 1. The van der Waals surface area contributed by atoms with E-state index in [9.17, 15) is 0 Å². The molecule has 0 bridgehead atoms. The molecule has 0 spiro atoms. The number of rotatable bonds is 4. The van der Waals surface area contributed by atoms with Gasteiger partial charge in [0.25, 0.3) is 4.80 Å². The van der Waals surface area contributed by atoms with Crippen LogP contribution >= 0.6 is 15.9 Å². The summed E-state index contributed by atoms with van der Waals surface area (Å²) in [5.74, 6) is 0.883. The number of aromatic nitrogens is 1. The van der Waals surface area contributed by atoms with Crippen LogP contribution in [0.4, 0.5) is 0 Å². The summed E-state index contributed by atoms with van der Waals surface area (Å²) >= 11 is 3.18. The van der Waals surface area contributed by atoms with E-state index in [1.807, 2.05) is 24.3 Å².